The second kappa shape index (κ2) is 8.90. The minimum absolute atomic E-state index is 0.165. The summed E-state index contributed by atoms with van der Waals surface area (Å²) in [7, 11) is -3.37. The summed E-state index contributed by atoms with van der Waals surface area (Å²) < 4.78 is 37.9. The maximum Gasteiger partial charge on any atom is 0.252 e. The standard InChI is InChI=1S/C16H26N2O5S2/c19-14(12-22-13-15-3-1-9-23-15)11-17-5-7-18(8-6-17)25(20,21)16-4-2-10-24-16/h2,4,10,14-15,19H,1,3,5-9,11-13H2/t14-,15+/m1/s1. The molecule has 2 fully saturated rings. The average Bonchev–Trinajstić information content (AvgIpc) is 3.29. The van der Waals surface area contributed by atoms with E-state index in [2.05, 4.69) is 4.90 Å². The van der Waals surface area contributed by atoms with Gasteiger partial charge in [-0.1, -0.05) is 6.07 Å². The van der Waals surface area contributed by atoms with E-state index in [0.717, 1.165) is 19.4 Å². The van der Waals surface area contributed by atoms with Gasteiger partial charge in [0.1, 0.15) is 4.21 Å². The fraction of sp³-hybridized carbons (Fsp3) is 0.750. The molecule has 3 heterocycles. The molecule has 0 bridgehead atoms. The first kappa shape index (κ1) is 19.2. The van der Waals surface area contributed by atoms with E-state index in [-0.39, 0.29) is 12.7 Å². The highest BCUT2D eigenvalue weighted by atomic mass is 32.2. The van der Waals surface area contributed by atoms with Gasteiger partial charge in [-0.3, -0.25) is 4.90 Å². The number of thiophene rings is 1. The van der Waals surface area contributed by atoms with E-state index < -0.39 is 16.1 Å². The summed E-state index contributed by atoms with van der Waals surface area (Å²) >= 11 is 1.24. The Bertz CT molecular complexity index is 608. The van der Waals surface area contributed by atoms with Crippen LogP contribution in [0.15, 0.2) is 21.7 Å². The Morgan fingerprint density at radius 2 is 2.16 bits per heavy atom. The molecular formula is C16H26N2O5S2. The van der Waals surface area contributed by atoms with Crippen LogP contribution in [0.3, 0.4) is 0 Å². The predicted molar refractivity (Wildman–Crippen MR) is 95.3 cm³/mol. The van der Waals surface area contributed by atoms with Gasteiger partial charge in [-0.25, -0.2) is 8.42 Å². The molecular weight excluding hydrogens is 364 g/mol. The van der Waals surface area contributed by atoms with Crippen molar-refractivity contribution in [2.75, 3.05) is 52.5 Å². The molecule has 0 amide bonds. The Morgan fingerprint density at radius 3 is 2.80 bits per heavy atom. The van der Waals surface area contributed by atoms with Crippen molar-refractivity contribution >= 4 is 21.4 Å². The van der Waals surface area contributed by atoms with Gasteiger partial charge >= 0.3 is 0 Å². The molecule has 0 unspecified atom stereocenters. The number of ether oxygens (including phenoxy) is 2. The molecule has 3 rings (SSSR count). The Morgan fingerprint density at radius 1 is 1.36 bits per heavy atom. The average molecular weight is 391 g/mol. The second-order valence-corrected chi connectivity index (χ2v) is 9.58. The smallest absolute Gasteiger partial charge is 0.252 e. The molecule has 2 atom stereocenters. The predicted octanol–water partition coefficient (Wildman–Crippen LogP) is 0.611. The van der Waals surface area contributed by atoms with E-state index in [4.69, 9.17) is 9.47 Å². The maximum absolute atomic E-state index is 12.5. The number of aliphatic hydroxyl groups excluding tert-OH is 1. The molecule has 0 saturated carbocycles. The minimum atomic E-state index is -3.37. The van der Waals surface area contributed by atoms with E-state index in [1.165, 1.54) is 15.6 Å². The number of rotatable bonds is 8. The Balaban J connectivity index is 1.37. The van der Waals surface area contributed by atoms with Gasteiger partial charge in [0.15, 0.2) is 0 Å². The summed E-state index contributed by atoms with van der Waals surface area (Å²) in [5.74, 6) is 0. The van der Waals surface area contributed by atoms with Gasteiger partial charge in [0.25, 0.3) is 10.0 Å². The van der Waals surface area contributed by atoms with Gasteiger partial charge in [0.2, 0.25) is 0 Å². The van der Waals surface area contributed by atoms with E-state index >= 15 is 0 Å². The van der Waals surface area contributed by atoms with Gasteiger partial charge in [0, 0.05) is 39.3 Å². The van der Waals surface area contributed by atoms with Crippen LogP contribution in [0, 0.1) is 0 Å². The number of piperazine rings is 1. The van der Waals surface area contributed by atoms with Gasteiger partial charge in [-0.05, 0) is 24.3 Å². The zero-order valence-corrected chi connectivity index (χ0v) is 15.9. The number of aliphatic hydroxyl groups is 1. The lowest BCUT2D eigenvalue weighted by Gasteiger charge is -2.34. The van der Waals surface area contributed by atoms with Crippen LogP contribution in [-0.2, 0) is 19.5 Å². The van der Waals surface area contributed by atoms with Crippen LogP contribution in [0.25, 0.3) is 0 Å². The van der Waals surface area contributed by atoms with Crippen molar-refractivity contribution in [3.05, 3.63) is 17.5 Å². The zero-order valence-electron chi connectivity index (χ0n) is 14.2. The molecule has 142 valence electrons. The highest BCUT2D eigenvalue weighted by molar-refractivity contribution is 7.91. The largest absolute Gasteiger partial charge is 0.389 e. The quantitative estimate of drug-likeness (QED) is 0.701. The summed E-state index contributed by atoms with van der Waals surface area (Å²) in [5.41, 5.74) is 0. The van der Waals surface area contributed by atoms with Crippen molar-refractivity contribution in [1.29, 1.82) is 0 Å². The molecule has 1 aromatic heterocycles. The molecule has 25 heavy (non-hydrogen) atoms. The first-order valence-electron chi connectivity index (χ1n) is 8.69. The molecule has 7 nitrogen and oxygen atoms in total. The number of nitrogens with zero attached hydrogens (tertiary/aromatic N) is 2. The van der Waals surface area contributed by atoms with E-state index in [0.29, 0.717) is 43.5 Å². The van der Waals surface area contributed by atoms with Gasteiger partial charge in [0.05, 0.1) is 25.4 Å². The van der Waals surface area contributed by atoms with Gasteiger partial charge < -0.3 is 14.6 Å². The molecule has 2 aliphatic rings. The monoisotopic (exact) mass is 390 g/mol. The molecule has 0 aliphatic carbocycles. The Labute approximate surface area is 153 Å². The van der Waals surface area contributed by atoms with E-state index in [9.17, 15) is 13.5 Å². The molecule has 2 saturated heterocycles. The summed E-state index contributed by atoms with van der Waals surface area (Å²) in [6.45, 7) is 4.25. The Hall–Kier alpha value is -0.550. The molecule has 0 radical (unpaired) electrons. The summed E-state index contributed by atoms with van der Waals surface area (Å²) in [4.78, 5) is 2.08. The van der Waals surface area contributed by atoms with E-state index in [1.54, 1.807) is 17.5 Å². The molecule has 9 heteroatoms. The van der Waals surface area contributed by atoms with Crippen LogP contribution in [0.5, 0.6) is 0 Å². The van der Waals surface area contributed by atoms with Crippen molar-refractivity contribution in [2.45, 2.75) is 29.3 Å². The third kappa shape index (κ3) is 5.22. The number of β-amino-alcohol motifs (C(OH)–C–C–N with tert-alkyl or cyclic N) is 1. The highest BCUT2D eigenvalue weighted by Crippen LogP contribution is 2.22. The summed E-state index contributed by atoms with van der Waals surface area (Å²) in [5, 5.41) is 11.9. The van der Waals surface area contributed by atoms with Crippen molar-refractivity contribution in [1.82, 2.24) is 9.21 Å². The molecule has 1 aromatic rings. The highest BCUT2D eigenvalue weighted by Gasteiger charge is 2.29. The number of hydrogen-bond acceptors (Lipinski definition) is 7. The third-order valence-corrected chi connectivity index (χ3v) is 7.80. The second-order valence-electron chi connectivity index (χ2n) is 6.46. The van der Waals surface area contributed by atoms with Crippen molar-refractivity contribution in [2.24, 2.45) is 0 Å². The molecule has 2 aliphatic heterocycles. The van der Waals surface area contributed by atoms with Gasteiger partial charge in [-0.15, -0.1) is 11.3 Å². The van der Waals surface area contributed by atoms with Crippen molar-refractivity contribution < 1.29 is 23.0 Å². The van der Waals surface area contributed by atoms with Crippen LogP contribution >= 0.6 is 11.3 Å². The van der Waals surface area contributed by atoms with Crippen LogP contribution in [0.1, 0.15) is 12.8 Å². The third-order valence-electron chi connectivity index (χ3n) is 4.53. The van der Waals surface area contributed by atoms with Crippen LogP contribution in [0.4, 0.5) is 0 Å². The van der Waals surface area contributed by atoms with Crippen molar-refractivity contribution in [3.8, 4) is 0 Å². The van der Waals surface area contributed by atoms with Gasteiger partial charge in [-0.2, -0.15) is 4.31 Å². The molecule has 0 spiro atoms. The fourth-order valence-electron chi connectivity index (χ4n) is 3.15. The lowest BCUT2D eigenvalue weighted by atomic mass is 10.2. The SMILES string of the molecule is O=S(=O)(c1cccs1)N1CCN(C[C@@H](O)COC[C@@H]2CCCO2)CC1. The fourth-order valence-corrected chi connectivity index (χ4v) is 5.72. The lowest BCUT2D eigenvalue weighted by molar-refractivity contribution is -0.0270. The lowest BCUT2D eigenvalue weighted by Crippen LogP contribution is -2.50. The normalized spacial score (nSPS) is 24.6. The van der Waals surface area contributed by atoms with E-state index in [1.807, 2.05) is 0 Å². The Kier molecular flexibility index (Phi) is 6.84. The number of sulfonamides is 1. The van der Waals surface area contributed by atoms with Crippen LogP contribution < -0.4 is 0 Å². The molecule has 1 N–H and O–H groups in total. The summed E-state index contributed by atoms with van der Waals surface area (Å²) in [6.07, 6.45) is 1.70. The maximum atomic E-state index is 12.5. The number of hydrogen-bond donors (Lipinski definition) is 1. The first-order valence-corrected chi connectivity index (χ1v) is 11.0. The van der Waals surface area contributed by atoms with Crippen molar-refractivity contribution in [3.63, 3.8) is 0 Å². The first-order chi connectivity index (χ1) is 12.1. The summed E-state index contributed by atoms with van der Waals surface area (Å²) in [6, 6.07) is 3.39. The topological polar surface area (TPSA) is 79.3 Å². The minimum Gasteiger partial charge on any atom is -0.389 e. The zero-order chi connectivity index (χ0) is 17.7. The van der Waals surface area contributed by atoms with Crippen LogP contribution in [-0.4, -0.2) is 87.5 Å². The van der Waals surface area contributed by atoms with Crippen LogP contribution in [0.2, 0.25) is 0 Å². The molecule has 0 aromatic carbocycles.